The van der Waals surface area contributed by atoms with Crippen molar-refractivity contribution >= 4 is 18.8 Å². The predicted octanol–water partition coefficient (Wildman–Crippen LogP) is 7.55. The van der Waals surface area contributed by atoms with E-state index in [-0.39, 0.29) is 5.82 Å². The van der Waals surface area contributed by atoms with Crippen LogP contribution in [0.2, 0.25) is 0 Å². The number of rotatable bonds is 2. The second-order valence-corrected chi connectivity index (χ2v) is 10.0. The molecular formula is C30H18FOP. The minimum Gasteiger partial charge on any atom is -0.464 e. The van der Waals surface area contributed by atoms with Crippen molar-refractivity contribution in [3.8, 4) is 50.3 Å². The molecule has 0 bridgehead atoms. The molecule has 1 unspecified atom stereocenters. The number of hydrogen-bond acceptors (Lipinski definition) is 1. The average Bonchev–Trinajstić information content (AvgIpc) is 2.86. The Balaban J connectivity index is 1.45. The first-order chi connectivity index (χ1) is 16.3. The third-order valence-corrected chi connectivity index (χ3v) is 8.54. The van der Waals surface area contributed by atoms with E-state index in [0.29, 0.717) is 5.56 Å². The fraction of sp³-hybridized carbons (Fsp3) is 0. The fourth-order valence-electron chi connectivity index (χ4n) is 5.06. The number of para-hydroxylation sites is 1. The van der Waals surface area contributed by atoms with Crippen LogP contribution < -0.4 is 15.1 Å². The summed E-state index contributed by atoms with van der Waals surface area (Å²) in [6.07, 6.45) is 0. The maximum atomic E-state index is 14.8. The summed E-state index contributed by atoms with van der Waals surface area (Å²) < 4.78 is 21.5. The molecule has 0 saturated carbocycles. The van der Waals surface area contributed by atoms with Crippen LogP contribution in [0.5, 0.6) is 5.75 Å². The normalized spacial score (nSPS) is 14.8. The third kappa shape index (κ3) is 2.68. The Labute approximate surface area is 193 Å². The van der Waals surface area contributed by atoms with Gasteiger partial charge in [0.1, 0.15) is 11.6 Å². The lowest BCUT2D eigenvalue weighted by atomic mass is 9.76. The first-order valence-corrected chi connectivity index (χ1v) is 12.3. The number of halogens is 1. The lowest BCUT2D eigenvalue weighted by molar-refractivity contribution is 0.629. The molecule has 1 heterocycles. The molecule has 1 aliphatic heterocycles. The van der Waals surface area contributed by atoms with Gasteiger partial charge in [-0.05, 0) is 39.9 Å². The Morgan fingerprint density at radius 1 is 0.455 bits per heavy atom. The van der Waals surface area contributed by atoms with Gasteiger partial charge < -0.3 is 4.52 Å². The van der Waals surface area contributed by atoms with Crippen molar-refractivity contribution in [2.75, 3.05) is 0 Å². The van der Waals surface area contributed by atoms with E-state index in [9.17, 15) is 4.39 Å². The van der Waals surface area contributed by atoms with Crippen molar-refractivity contribution in [2.24, 2.45) is 0 Å². The summed E-state index contributed by atoms with van der Waals surface area (Å²) in [5.74, 6) is 0.720. The summed E-state index contributed by atoms with van der Waals surface area (Å²) in [5, 5.41) is 2.40. The van der Waals surface area contributed by atoms with Gasteiger partial charge in [0.25, 0.3) is 0 Å². The molecule has 0 radical (unpaired) electrons. The highest BCUT2D eigenvalue weighted by molar-refractivity contribution is 7.69. The average molecular weight is 444 g/mol. The second-order valence-electron chi connectivity index (χ2n) is 8.31. The lowest BCUT2D eigenvalue weighted by Crippen LogP contribution is -2.24. The number of benzene rings is 5. The SMILES string of the molecule is Fc1ccccc1-c1cccc2c1-c1c-2cccc1P1Oc2ccccc2-c2ccccc21. The molecule has 0 N–H and O–H groups in total. The summed E-state index contributed by atoms with van der Waals surface area (Å²) >= 11 is 0. The Kier molecular flexibility index (Phi) is 4.06. The van der Waals surface area contributed by atoms with Crippen LogP contribution in [0, 0.1) is 5.82 Å². The van der Waals surface area contributed by atoms with Gasteiger partial charge >= 0.3 is 0 Å². The highest BCUT2D eigenvalue weighted by Gasteiger charge is 2.35. The van der Waals surface area contributed by atoms with Crippen molar-refractivity contribution in [2.45, 2.75) is 0 Å². The minimum absolute atomic E-state index is 0.198. The lowest BCUT2D eigenvalue weighted by Gasteiger charge is -2.34. The van der Waals surface area contributed by atoms with Crippen LogP contribution in [0.3, 0.4) is 0 Å². The van der Waals surface area contributed by atoms with Crippen LogP contribution in [-0.4, -0.2) is 0 Å². The van der Waals surface area contributed by atoms with E-state index in [0.717, 1.165) is 22.4 Å². The molecule has 3 heteroatoms. The van der Waals surface area contributed by atoms with Gasteiger partial charge in [-0.1, -0.05) is 97.1 Å². The molecule has 5 aromatic rings. The predicted molar refractivity (Wildman–Crippen MR) is 135 cm³/mol. The number of fused-ring (bicyclic) bond motifs is 7. The maximum Gasteiger partial charge on any atom is 0.152 e. The molecular weight excluding hydrogens is 426 g/mol. The molecule has 0 fully saturated rings. The summed E-state index contributed by atoms with van der Waals surface area (Å²) in [4.78, 5) is 0. The summed E-state index contributed by atoms with van der Waals surface area (Å²) in [7, 11) is -1.06. The van der Waals surface area contributed by atoms with Crippen LogP contribution >= 0.6 is 8.15 Å². The van der Waals surface area contributed by atoms with Gasteiger partial charge in [0.05, 0.1) is 0 Å². The van der Waals surface area contributed by atoms with Crippen molar-refractivity contribution in [3.05, 3.63) is 115 Å². The Morgan fingerprint density at radius 3 is 1.82 bits per heavy atom. The molecule has 156 valence electrons. The Bertz CT molecular complexity index is 1570. The molecule has 0 saturated heterocycles. The molecule has 1 nitrogen and oxygen atoms in total. The van der Waals surface area contributed by atoms with Gasteiger partial charge in [-0.3, -0.25) is 0 Å². The topological polar surface area (TPSA) is 9.23 Å². The molecule has 7 rings (SSSR count). The van der Waals surface area contributed by atoms with E-state index in [1.165, 1.54) is 38.9 Å². The summed E-state index contributed by atoms with van der Waals surface area (Å²) in [6, 6.07) is 36.4. The zero-order valence-corrected chi connectivity index (χ0v) is 18.5. The van der Waals surface area contributed by atoms with Crippen LogP contribution in [0.1, 0.15) is 0 Å². The van der Waals surface area contributed by atoms with Crippen LogP contribution in [0.4, 0.5) is 4.39 Å². The van der Waals surface area contributed by atoms with Gasteiger partial charge in [0.2, 0.25) is 0 Å². The molecule has 1 atom stereocenters. The molecule has 1 aliphatic carbocycles. The van der Waals surface area contributed by atoms with E-state index in [4.69, 9.17) is 4.52 Å². The third-order valence-electron chi connectivity index (χ3n) is 6.52. The Morgan fingerprint density at radius 2 is 1.00 bits per heavy atom. The standard InChI is InChI=1S/C30H18FOP/c31-25-15-4-1-9-19(25)22-12-7-13-23-24-14-8-18-28(30(24)29(22)23)33-27-17-6-3-11-21(27)20-10-2-5-16-26(20)32-33/h1-18H. The second kappa shape index (κ2) is 7.13. The van der Waals surface area contributed by atoms with E-state index < -0.39 is 8.15 Å². The van der Waals surface area contributed by atoms with Gasteiger partial charge in [-0.2, -0.15) is 0 Å². The van der Waals surface area contributed by atoms with Crippen molar-refractivity contribution in [1.29, 1.82) is 0 Å². The van der Waals surface area contributed by atoms with Crippen molar-refractivity contribution in [1.82, 2.24) is 0 Å². The van der Waals surface area contributed by atoms with E-state index in [2.05, 4.69) is 66.7 Å². The fourth-order valence-corrected chi connectivity index (χ4v) is 7.16. The van der Waals surface area contributed by atoms with Crippen LogP contribution in [0.15, 0.2) is 109 Å². The molecule has 0 aromatic heterocycles. The van der Waals surface area contributed by atoms with E-state index >= 15 is 0 Å². The molecule has 5 aromatic carbocycles. The molecule has 33 heavy (non-hydrogen) atoms. The summed E-state index contributed by atoms with van der Waals surface area (Å²) in [5.41, 5.74) is 8.63. The van der Waals surface area contributed by atoms with Crippen molar-refractivity contribution in [3.63, 3.8) is 0 Å². The monoisotopic (exact) mass is 444 g/mol. The highest BCUT2D eigenvalue weighted by atomic mass is 31.1. The molecule has 0 spiro atoms. The van der Waals surface area contributed by atoms with Crippen LogP contribution in [0.25, 0.3) is 44.5 Å². The van der Waals surface area contributed by atoms with E-state index in [1.54, 1.807) is 6.07 Å². The molecule has 2 aliphatic rings. The minimum atomic E-state index is -1.06. The first kappa shape index (κ1) is 18.8. The van der Waals surface area contributed by atoms with Gasteiger partial charge in [-0.15, -0.1) is 0 Å². The zero-order valence-electron chi connectivity index (χ0n) is 17.6. The maximum absolute atomic E-state index is 14.8. The highest BCUT2D eigenvalue weighted by Crippen LogP contribution is 2.56. The van der Waals surface area contributed by atoms with E-state index in [1.807, 2.05) is 30.3 Å². The van der Waals surface area contributed by atoms with Gasteiger partial charge in [0, 0.05) is 27.3 Å². The largest absolute Gasteiger partial charge is 0.464 e. The Hall–Kier alpha value is -3.74. The zero-order chi connectivity index (χ0) is 21.9. The van der Waals surface area contributed by atoms with Gasteiger partial charge in [0.15, 0.2) is 8.15 Å². The molecule has 0 amide bonds. The van der Waals surface area contributed by atoms with Crippen molar-refractivity contribution < 1.29 is 8.91 Å². The van der Waals surface area contributed by atoms with Crippen LogP contribution in [-0.2, 0) is 0 Å². The summed E-state index contributed by atoms with van der Waals surface area (Å²) in [6.45, 7) is 0. The smallest absolute Gasteiger partial charge is 0.152 e. The number of hydrogen-bond donors (Lipinski definition) is 0. The quantitative estimate of drug-likeness (QED) is 0.251. The van der Waals surface area contributed by atoms with Gasteiger partial charge in [-0.25, -0.2) is 4.39 Å². The first-order valence-electron chi connectivity index (χ1n) is 11.0.